The lowest BCUT2D eigenvalue weighted by Gasteiger charge is -2.35. The van der Waals surface area contributed by atoms with Crippen molar-refractivity contribution in [3.05, 3.63) is 29.3 Å². The zero-order chi connectivity index (χ0) is 15.5. The van der Waals surface area contributed by atoms with Crippen molar-refractivity contribution >= 4 is 11.3 Å². The van der Waals surface area contributed by atoms with E-state index in [1.165, 1.54) is 25.9 Å². The van der Waals surface area contributed by atoms with Crippen LogP contribution in [-0.4, -0.2) is 39.0 Å². The van der Waals surface area contributed by atoms with Crippen LogP contribution in [0.4, 0.5) is 0 Å². The molecule has 3 rings (SSSR count). The number of rotatable bonds is 4. The normalized spacial score (nSPS) is 19.7. The van der Waals surface area contributed by atoms with Crippen molar-refractivity contribution in [3.8, 4) is 10.6 Å². The number of hydrogen-bond donors (Lipinski definition) is 0. The number of aryl methyl sites for hydroxylation is 1. The highest BCUT2D eigenvalue weighted by Gasteiger charge is 2.23. The molecule has 0 unspecified atom stereocenters. The van der Waals surface area contributed by atoms with E-state index in [-0.39, 0.29) is 0 Å². The first-order chi connectivity index (χ1) is 10.6. The van der Waals surface area contributed by atoms with Crippen molar-refractivity contribution in [2.45, 2.75) is 46.1 Å². The van der Waals surface area contributed by atoms with Crippen LogP contribution >= 0.6 is 11.3 Å². The van der Waals surface area contributed by atoms with Crippen LogP contribution in [0.25, 0.3) is 10.6 Å². The maximum atomic E-state index is 4.63. The monoisotopic (exact) mass is 316 g/mol. The Hall–Kier alpha value is -1.33. The quantitative estimate of drug-likeness (QED) is 0.865. The largest absolute Gasteiger partial charge is 0.301 e. The predicted octanol–water partition coefficient (Wildman–Crippen LogP) is 3.57. The van der Waals surface area contributed by atoms with Gasteiger partial charge < -0.3 is 4.90 Å². The fourth-order valence-electron chi connectivity index (χ4n) is 3.20. The standard InChI is InChI=1S/C17H24N4S/c1-12(2)21-8-4-5-14(11-21)9-15-17(19-7-6-18-15)16-10-20-13(3)22-16/h6-7,10,12,14H,4-5,8-9,11H2,1-3H3/t14-/m1/s1. The van der Waals surface area contributed by atoms with Crippen LogP contribution < -0.4 is 0 Å². The molecule has 0 N–H and O–H groups in total. The molecule has 0 spiro atoms. The summed E-state index contributed by atoms with van der Waals surface area (Å²) in [5.41, 5.74) is 2.15. The van der Waals surface area contributed by atoms with Gasteiger partial charge in [-0.1, -0.05) is 0 Å². The summed E-state index contributed by atoms with van der Waals surface area (Å²) in [5.74, 6) is 0.681. The molecule has 5 heteroatoms. The molecule has 22 heavy (non-hydrogen) atoms. The lowest BCUT2D eigenvalue weighted by Crippen LogP contribution is -2.40. The first-order valence-corrected chi connectivity index (χ1v) is 8.92. The van der Waals surface area contributed by atoms with Gasteiger partial charge in [-0.25, -0.2) is 4.98 Å². The molecule has 0 aromatic carbocycles. The second-order valence-electron chi connectivity index (χ2n) is 6.40. The first-order valence-electron chi connectivity index (χ1n) is 8.10. The van der Waals surface area contributed by atoms with Crippen LogP contribution in [0, 0.1) is 12.8 Å². The van der Waals surface area contributed by atoms with Gasteiger partial charge >= 0.3 is 0 Å². The van der Waals surface area contributed by atoms with Crippen molar-refractivity contribution in [1.29, 1.82) is 0 Å². The molecule has 0 radical (unpaired) electrons. The van der Waals surface area contributed by atoms with Crippen LogP contribution in [0.2, 0.25) is 0 Å². The van der Waals surface area contributed by atoms with Gasteiger partial charge in [0.15, 0.2) is 0 Å². The molecule has 1 saturated heterocycles. The Labute approximate surface area is 136 Å². The van der Waals surface area contributed by atoms with Gasteiger partial charge in [0.05, 0.1) is 15.6 Å². The maximum Gasteiger partial charge on any atom is 0.103 e. The van der Waals surface area contributed by atoms with E-state index in [9.17, 15) is 0 Å². The molecule has 1 atom stereocenters. The smallest absolute Gasteiger partial charge is 0.103 e. The van der Waals surface area contributed by atoms with E-state index in [0.717, 1.165) is 27.7 Å². The van der Waals surface area contributed by atoms with E-state index in [1.54, 1.807) is 17.5 Å². The number of likely N-dealkylation sites (tertiary alicyclic amines) is 1. The highest BCUT2D eigenvalue weighted by Crippen LogP contribution is 2.29. The lowest BCUT2D eigenvalue weighted by molar-refractivity contribution is 0.139. The van der Waals surface area contributed by atoms with Crippen molar-refractivity contribution in [1.82, 2.24) is 19.9 Å². The molecule has 1 aliphatic rings. The van der Waals surface area contributed by atoms with Crippen molar-refractivity contribution < 1.29 is 0 Å². The first kappa shape index (κ1) is 15.6. The SMILES string of the molecule is Cc1ncc(-c2nccnc2C[C@H]2CCCN(C(C)C)C2)s1. The molecule has 0 amide bonds. The van der Waals surface area contributed by atoms with Crippen molar-refractivity contribution in [3.63, 3.8) is 0 Å². The molecule has 1 fully saturated rings. The number of aromatic nitrogens is 3. The van der Waals surface area contributed by atoms with Gasteiger partial charge in [0.2, 0.25) is 0 Å². The molecule has 2 aromatic heterocycles. The number of nitrogens with zero attached hydrogens (tertiary/aromatic N) is 4. The van der Waals surface area contributed by atoms with E-state index >= 15 is 0 Å². The fraction of sp³-hybridized carbons (Fsp3) is 0.588. The number of thiazole rings is 1. The van der Waals surface area contributed by atoms with Crippen molar-refractivity contribution in [2.24, 2.45) is 5.92 Å². The third kappa shape index (κ3) is 3.52. The minimum absolute atomic E-state index is 0.633. The molecule has 3 heterocycles. The van der Waals surface area contributed by atoms with Gasteiger partial charge in [-0.15, -0.1) is 11.3 Å². The Morgan fingerprint density at radius 2 is 2.09 bits per heavy atom. The summed E-state index contributed by atoms with van der Waals surface area (Å²) < 4.78 is 0. The van der Waals surface area contributed by atoms with E-state index in [1.807, 2.05) is 19.3 Å². The average Bonchev–Trinajstić information content (AvgIpc) is 2.94. The summed E-state index contributed by atoms with van der Waals surface area (Å²) in [6.07, 6.45) is 9.13. The van der Waals surface area contributed by atoms with E-state index in [4.69, 9.17) is 0 Å². The lowest BCUT2D eigenvalue weighted by atomic mass is 9.92. The highest BCUT2D eigenvalue weighted by molar-refractivity contribution is 7.15. The summed E-state index contributed by atoms with van der Waals surface area (Å²) in [6, 6.07) is 0.633. The van der Waals surface area contributed by atoms with Gasteiger partial charge in [-0.3, -0.25) is 9.97 Å². The van der Waals surface area contributed by atoms with Gasteiger partial charge in [0.25, 0.3) is 0 Å². The van der Waals surface area contributed by atoms with Gasteiger partial charge in [-0.05, 0) is 52.5 Å². The Kier molecular flexibility index (Phi) is 4.84. The minimum Gasteiger partial charge on any atom is -0.301 e. The minimum atomic E-state index is 0.633. The molecule has 0 aliphatic carbocycles. The molecule has 2 aromatic rings. The van der Waals surface area contributed by atoms with Crippen LogP contribution in [-0.2, 0) is 6.42 Å². The molecule has 0 saturated carbocycles. The summed E-state index contributed by atoms with van der Waals surface area (Å²) >= 11 is 1.70. The highest BCUT2D eigenvalue weighted by atomic mass is 32.1. The van der Waals surface area contributed by atoms with Gasteiger partial charge in [0, 0.05) is 31.2 Å². The van der Waals surface area contributed by atoms with Crippen LogP contribution in [0.1, 0.15) is 37.4 Å². The summed E-state index contributed by atoms with van der Waals surface area (Å²) in [6.45, 7) is 9.02. The van der Waals surface area contributed by atoms with E-state index < -0.39 is 0 Å². The Balaban J connectivity index is 1.78. The number of hydrogen-bond acceptors (Lipinski definition) is 5. The van der Waals surface area contributed by atoms with Crippen LogP contribution in [0.3, 0.4) is 0 Å². The number of piperidine rings is 1. The second kappa shape index (κ2) is 6.84. The van der Waals surface area contributed by atoms with E-state index in [2.05, 4.69) is 33.7 Å². The molecule has 0 bridgehead atoms. The summed E-state index contributed by atoms with van der Waals surface area (Å²) in [7, 11) is 0. The topological polar surface area (TPSA) is 41.9 Å². The fourth-order valence-corrected chi connectivity index (χ4v) is 4.00. The van der Waals surface area contributed by atoms with Gasteiger partial charge in [0.1, 0.15) is 5.69 Å². The third-order valence-electron chi connectivity index (χ3n) is 4.39. The molecular weight excluding hydrogens is 292 g/mol. The molecule has 4 nitrogen and oxygen atoms in total. The molecular formula is C17H24N4S. The Morgan fingerprint density at radius 3 is 2.82 bits per heavy atom. The molecule has 1 aliphatic heterocycles. The zero-order valence-electron chi connectivity index (χ0n) is 13.6. The van der Waals surface area contributed by atoms with E-state index in [0.29, 0.717) is 12.0 Å². The summed E-state index contributed by atoms with van der Waals surface area (Å²) in [4.78, 5) is 17.3. The van der Waals surface area contributed by atoms with Crippen LogP contribution in [0.5, 0.6) is 0 Å². The second-order valence-corrected chi connectivity index (χ2v) is 7.63. The third-order valence-corrected chi connectivity index (χ3v) is 5.31. The predicted molar refractivity (Wildman–Crippen MR) is 91.0 cm³/mol. The van der Waals surface area contributed by atoms with Crippen molar-refractivity contribution in [2.75, 3.05) is 13.1 Å². The average molecular weight is 316 g/mol. The molecule has 118 valence electrons. The van der Waals surface area contributed by atoms with Crippen LogP contribution in [0.15, 0.2) is 18.6 Å². The van der Waals surface area contributed by atoms with Gasteiger partial charge in [-0.2, -0.15) is 0 Å². The summed E-state index contributed by atoms with van der Waals surface area (Å²) in [5, 5.41) is 1.08. The zero-order valence-corrected chi connectivity index (χ0v) is 14.4. The maximum absolute atomic E-state index is 4.63. The Bertz CT molecular complexity index is 623. The Morgan fingerprint density at radius 1 is 1.27 bits per heavy atom.